The van der Waals surface area contributed by atoms with E-state index in [4.69, 9.17) is 0 Å². The molecule has 0 saturated heterocycles. The molecule has 2 heterocycles. The molecule has 23 heavy (non-hydrogen) atoms. The van der Waals surface area contributed by atoms with E-state index < -0.39 is 0 Å². The molecule has 0 bridgehead atoms. The standard InChI is InChI=1S/C16H17N5OS/c1-11-2-4-12(5-3-11)8-18-15(22)13-9-23-16(20-13)21-14-6-7-17-10-19-14/h2-5,7,9-10,14H,6,8H2,1H3,(H,18,22)(H,20,21). The van der Waals surface area contributed by atoms with Crippen LogP contribution in [0.3, 0.4) is 0 Å². The summed E-state index contributed by atoms with van der Waals surface area (Å²) in [5, 5.41) is 8.48. The van der Waals surface area contributed by atoms with Gasteiger partial charge in [-0.15, -0.1) is 11.3 Å². The van der Waals surface area contributed by atoms with Gasteiger partial charge in [-0.2, -0.15) is 0 Å². The van der Waals surface area contributed by atoms with Gasteiger partial charge < -0.3 is 10.6 Å². The van der Waals surface area contributed by atoms with Crippen molar-refractivity contribution in [3.8, 4) is 0 Å². The molecule has 1 aliphatic rings. The predicted molar refractivity (Wildman–Crippen MR) is 93.5 cm³/mol. The minimum atomic E-state index is -0.177. The molecule has 118 valence electrons. The van der Waals surface area contributed by atoms with Crippen molar-refractivity contribution in [2.75, 3.05) is 5.32 Å². The first-order chi connectivity index (χ1) is 11.2. The van der Waals surface area contributed by atoms with Gasteiger partial charge in [-0.05, 0) is 12.5 Å². The average molecular weight is 327 g/mol. The number of rotatable bonds is 5. The number of carbonyl (C=O) groups excluding carboxylic acids is 1. The lowest BCUT2D eigenvalue weighted by molar-refractivity contribution is 0.0946. The highest BCUT2D eigenvalue weighted by atomic mass is 32.1. The molecule has 0 saturated carbocycles. The number of aromatic nitrogens is 1. The Morgan fingerprint density at radius 1 is 1.35 bits per heavy atom. The molecule has 6 nitrogen and oxygen atoms in total. The summed E-state index contributed by atoms with van der Waals surface area (Å²) in [4.78, 5) is 24.6. The number of hydrogen-bond acceptors (Lipinski definition) is 6. The van der Waals surface area contributed by atoms with E-state index in [0.29, 0.717) is 23.8 Å². The monoisotopic (exact) mass is 327 g/mol. The number of hydrogen-bond donors (Lipinski definition) is 2. The molecule has 0 radical (unpaired) electrons. The molecular weight excluding hydrogens is 310 g/mol. The van der Waals surface area contributed by atoms with Crippen LogP contribution in [-0.2, 0) is 6.54 Å². The first-order valence-electron chi connectivity index (χ1n) is 7.30. The third-order valence-electron chi connectivity index (χ3n) is 3.35. The minimum absolute atomic E-state index is 0.0675. The Morgan fingerprint density at radius 3 is 2.91 bits per heavy atom. The van der Waals surface area contributed by atoms with E-state index >= 15 is 0 Å². The lowest BCUT2D eigenvalue weighted by atomic mass is 10.1. The highest BCUT2D eigenvalue weighted by Gasteiger charge is 2.13. The SMILES string of the molecule is Cc1ccc(CNC(=O)c2csc(NC3CC=NC=N3)n2)cc1. The molecule has 1 atom stereocenters. The molecule has 7 heteroatoms. The fourth-order valence-electron chi connectivity index (χ4n) is 2.05. The molecule has 2 N–H and O–H groups in total. The van der Waals surface area contributed by atoms with Crippen molar-refractivity contribution < 1.29 is 4.79 Å². The number of benzene rings is 1. The van der Waals surface area contributed by atoms with Crippen molar-refractivity contribution in [2.24, 2.45) is 9.98 Å². The molecular formula is C16H17N5OS. The summed E-state index contributed by atoms with van der Waals surface area (Å²) in [5.74, 6) is -0.177. The van der Waals surface area contributed by atoms with Gasteiger partial charge in [-0.3, -0.25) is 4.79 Å². The maximum atomic E-state index is 12.1. The van der Waals surface area contributed by atoms with Crippen molar-refractivity contribution in [1.82, 2.24) is 10.3 Å². The summed E-state index contributed by atoms with van der Waals surface area (Å²) >= 11 is 1.39. The summed E-state index contributed by atoms with van der Waals surface area (Å²) in [6.07, 6.45) is 3.96. The Morgan fingerprint density at radius 2 is 2.17 bits per heavy atom. The van der Waals surface area contributed by atoms with Crippen molar-refractivity contribution in [3.63, 3.8) is 0 Å². The molecule has 0 spiro atoms. The van der Waals surface area contributed by atoms with Crippen molar-refractivity contribution in [1.29, 1.82) is 0 Å². The van der Waals surface area contributed by atoms with Crippen LogP contribution in [0.5, 0.6) is 0 Å². The summed E-state index contributed by atoms with van der Waals surface area (Å²) < 4.78 is 0. The van der Waals surface area contributed by atoms with E-state index in [1.165, 1.54) is 23.2 Å². The summed E-state index contributed by atoms with van der Waals surface area (Å²) in [7, 11) is 0. The molecule has 1 amide bonds. The third kappa shape index (κ3) is 4.23. The van der Waals surface area contributed by atoms with Crippen LogP contribution in [0.25, 0.3) is 0 Å². The zero-order valence-electron chi connectivity index (χ0n) is 12.7. The van der Waals surface area contributed by atoms with Crippen molar-refractivity contribution in [3.05, 3.63) is 46.5 Å². The van der Waals surface area contributed by atoms with E-state index in [-0.39, 0.29) is 12.1 Å². The van der Waals surface area contributed by atoms with Gasteiger partial charge in [-0.1, -0.05) is 29.8 Å². The number of aliphatic imine (C=N–C) groups is 2. The Balaban J connectivity index is 1.54. The summed E-state index contributed by atoms with van der Waals surface area (Å²) in [6, 6.07) is 8.07. The summed E-state index contributed by atoms with van der Waals surface area (Å²) in [6.45, 7) is 2.52. The quantitative estimate of drug-likeness (QED) is 0.886. The second-order valence-electron chi connectivity index (χ2n) is 5.20. The van der Waals surface area contributed by atoms with Crippen LogP contribution in [0, 0.1) is 6.92 Å². The number of amides is 1. The number of carbonyl (C=O) groups is 1. The van der Waals surface area contributed by atoms with E-state index in [1.807, 2.05) is 31.2 Å². The highest BCUT2D eigenvalue weighted by Crippen LogP contribution is 2.18. The second kappa shape index (κ2) is 7.15. The first-order valence-corrected chi connectivity index (χ1v) is 8.18. The maximum absolute atomic E-state index is 12.1. The predicted octanol–water partition coefficient (Wildman–Crippen LogP) is 2.62. The Bertz CT molecular complexity index is 735. The number of anilines is 1. The second-order valence-corrected chi connectivity index (χ2v) is 6.06. The van der Waals surface area contributed by atoms with Crippen molar-refractivity contribution in [2.45, 2.75) is 26.1 Å². The van der Waals surface area contributed by atoms with Gasteiger partial charge in [0.25, 0.3) is 5.91 Å². The van der Waals surface area contributed by atoms with E-state index in [1.54, 1.807) is 11.6 Å². The number of nitrogens with zero attached hydrogens (tertiary/aromatic N) is 3. The van der Waals surface area contributed by atoms with Gasteiger partial charge in [0.1, 0.15) is 18.2 Å². The van der Waals surface area contributed by atoms with Crippen LogP contribution in [0.2, 0.25) is 0 Å². The Labute approximate surface area is 138 Å². The van der Waals surface area contributed by atoms with Gasteiger partial charge in [0, 0.05) is 24.6 Å². The van der Waals surface area contributed by atoms with Crippen LogP contribution in [-0.4, -0.2) is 29.6 Å². The maximum Gasteiger partial charge on any atom is 0.271 e. The van der Waals surface area contributed by atoms with E-state index in [0.717, 1.165) is 5.56 Å². The summed E-state index contributed by atoms with van der Waals surface area (Å²) in [5.41, 5.74) is 2.68. The van der Waals surface area contributed by atoms with Crippen LogP contribution in [0.15, 0.2) is 39.6 Å². The van der Waals surface area contributed by atoms with E-state index in [9.17, 15) is 4.79 Å². The fraction of sp³-hybridized carbons (Fsp3) is 0.250. The molecule has 1 aliphatic heterocycles. The Hall–Kier alpha value is -2.54. The van der Waals surface area contributed by atoms with Crippen LogP contribution >= 0.6 is 11.3 Å². The number of nitrogens with one attached hydrogen (secondary N) is 2. The van der Waals surface area contributed by atoms with Crippen molar-refractivity contribution >= 4 is 34.9 Å². The highest BCUT2D eigenvalue weighted by molar-refractivity contribution is 7.13. The third-order valence-corrected chi connectivity index (χ3v) is 4.12. The zero-order valence-corrected chi connectivity index (χ0v) is 13.5. The first kappa shape index (κ1) is 15.4. The smallest absolute Gasteiger partial charge is 0.271 e. The molecule has 1 unspecified atom stereocenters. The lowest BCUT2D eigenvalue weighted by Gasteiger charge is -2.12. The van der Waals surface area contributed by atoms with Gasteiger partial charge in [0.2, 0.25) is 0 Å². The lowest BCUT2D eigenvalue weighted by Crippen LogP contribution is -2.23. The largest absolute Gasteiger partial charge is 0.347 e. The van der Waals surface area contributed by atoms with Crippen LogP contribution in [0.1, 0.15) is 28.0 Å². The van der Waals surface area contributed by atoms with Gasteiger partial charge >= 0.3 is 0 Å². The molecule has 0 fully saturated rings. The number of thiazole rings is 1. The number of aryl methyl sites for hydroxylation is 1. The molecule has 1 aromatic carbocycles. The Kier molecular flexibility index (Phi) is 4.77. The van der Waals surface area contributed by atoms with Gasteiger partial charge in [0.15, 0.2) is 5.13 Å². The molecule has 2 aromatic rings. The van der Waals surface area contributed by atoms with Crippen LogP contribution < -0.4 is 10.6 Å². The van der Waals surface area contributed by atoms with Gasteiger partial charge in [-0.25, -0.2) is 15.0 Å². The average Bonchev–Trinajstić information content (AvgIpc) is 3.03. The van der Waals surface area contributed by atoms with E-state index in [2.05, 4.69) is 25.6 Å². The molecule has 0 aliphatic carbocycles. The van der Waals surface area contributed by atoms with Gasteiger partial charge in [0.05, 0.1) is 0 Å². The normalized spacial score (nSPS) is 16.3. The topological polar surface area (TPSA) is 78.7 Å². The molecule has 3 rings (SSSR count). The molecule has 1 aromatic heterocycles. The van der Waals surface area contributed by atoms with Crippen LogP contribution in [0.4, 0.5) is 5.13 Å². The minimum Gasteiger partial charge on any atom is -0.347 e. The zero-order chi connectivity index (χ0) is 16.1. The fourth-order valence-corrected chi connectivity index (χ4v) is 2.79.